The van der Waals surface area contributed by atoms with Crippen LogP contribution in [0.2, 0.25) is 0 Å². The van der Waals surface area contributed by atoms with Gasteiger partial charge in [-0.15, -0.1) is 0 Å². The van der Waals surface area contributed by atoms with Crippen LogP contribution in [0.25, 0.3) is 0 Å². The number of rotatable bonds is 5. The predicted octanol–water partition coefficient (Wildman–Crippen LogP) is 1.80. The van der Waals surface area contributed by atoms with Crippen LogP contribution in [0.5, 0.6) is 0 Å². The first-order valence-corrected chi connectivity index (χ1v) is 6.27. The van der Waals surface area contributed by atoms with E-state index in [-0.39, 0.29) is 6.04 Å². The molecule has 1 aromatic rings. The van der Waals surface area contributed by atoms with Crippen molar-refractivity contribution in [3.63, 3.8) is 0 Å². The Bertz CT molecular complexity index is 291. The van der Waals surface area contributed by atoms with Crippen LogP contribution in [-0.4, -0.2) is 21.3 Å². The summed E-state index contributed by atoms with van der Waals surface area (Å²) < 4.78 is 2.31. The Kier molecular flexibility index (Phi) is 3.13. The quantitative estimate of drug-likeness (QED) is 0.807. The van der Waals surface area contributed by atoms with Crippen LogP contribution in [0.4, 0.5) is 0 Å². The van der Waals surface area contributed by atoms with E-state index in [1.807, 2.05) is 31.2 Å². The Morgan fingerprint density at radius 3 is 3.14 bits per heavy atom. The summed E-state index contributed by atoms with van der Waals surface area (Å²) in [6.45, 7) is 2.05. The third-order valence-electron chi connectivity index (χ3n) is 2.32. The van der Waals surface area contributed by atoms with Crippen LogP contribution in [0.1, 0.15) is 31.5 Å². The van der Waals surface area contributed by atoms with E-state index in [4.69, 9.17) is 5.73 Å². The highest BCUT2D eigenvalue weighted by Gasteiger charge is 2.24. The first kappa shape index (κ1) is 10.1. The standard InChI is InChI=1S/C10H17N3S/c1-8(11)5-14-6-10-4-12-7-13(10)9-2-3-9/h4,7-9H,2-3,5-6,11H2,1H3. The van der Waals surface area contributed by atoms with Crippen LogP contribution >= 0.6 is 11.8 Å². The van der Waals surface area contributed by atoms with E-state index < -0.39 is 0 Å². The molecule has 0 amide bonds. The molecule has 0 aromatic carbocycles. The molecular weight excluding hydrogens is 194 g/mol. The average molecular weight is 211 g/mol. The SMILES string of the molecule is CC(N)CSCc1cncn1C1CC1. The number of imidazole rings is 1. The molecule has 1 heterocycles. The molecule has 0 bridgehead atoms. The van der Waals surface area contributed by atoms with Crippen molar-refractivity contribution in [1.29, 1.82) is 0 Å². The van der Waals surface area contributed by atoms with Crippen molar-refractivity contribution in [2.24, 2.45) is 5.73 Å². The van der Waals surface area contributed by atoms with E-state index in [1.165, 1.54) is 18.5 Å². The van der Waals surface area contributed by atoms with Gasteiger partial charge in [0.15, 0.2) is 0 Å². The molecule has 78 valence electrons. The minimum Gasteiger partial charge on any atom is -0.331 e. The summed E-state index contributed by atoms with van der Waals surface area (Å²) in [6.07, 6.45) is 6.58. The largest absolute Gasteiger partial charge is 0.331 e. The molecule has 4 heteroatoms. The second-order valence-corrected chi connectivity index (χ2v) is 5.05. The maximum atomic E-state index is 5.70. The van der Waals surface area contributed by atoms with E-state index in [0.717, 1.165) is 17.5 Å². The summed E-state index contributed by atoms with van der Waals surface area (Å²) in [5.74, 6) is 2.06. The van der Waals surface area contributed by atoms with Crippen molar-refractivity contribution in [2.45, 2.75) is 37.6 Å². The van der Waals surface area contributed by atoms with Gasteiger partial charge in [-0.3, -0.25) is 0 Å². The van der Waals surface area contributed by atoms with Crippen molar-refractivity contribution in [3.05, 3.63) is 18.2 Å². The fraction of sp³-hybridized carbons (Fsp3) is 0.700. The highest BCUT2D eigenvalue weighted by molar-refractivity contribution is 7.98. The Balaban J connectivity index is 1.85. The van der Waals surface area contributed by atoms with E-state index >= 15 is 0 Å². The van der Waals surface area contributed by atoms with Crippen molar-refractivity contribution in [1.82, 2.24) is 9.55 Å². The van der Waals surface area contributed by atoms with E-state index in [2.05, 4.69) is 9.55 Å². The van der Waals surface area contributed by atoms with Gasteiger partial charge in [-0.25, -0.2) is 4.98 Å². The summed E-state index contributed by atoms with van der Waals surface area (Å²) >= 11 is 1.89. The summed E-state index contributed by atoms with van der Waals surface area (Å²) in [6, 6.07) is 1.03. The normalized spacial score (nSPS) is 18.4. The van der Waals surface area contributed by atoms with Gasteiger partial charge in [0, 0.05) is 35.5 Å². The molecule has 0 aliphatic heterocycles. The molecule has 0 saturated heterocycles. The van der Waals surface area contributed by atoms with Gasteiger partial charge in [0.25, 0.3) is 0 Å². The Hall–Kier alpha value is -0.480. The Morgan fingerprint density at radius 1 is 1.71 bits per heavy atom. The zero-order valence-corrected chi connectivity index (χ0v) is 9.33. The summed E-state index contributed by atoms with van der Waals surface area (Å²) in [5, 5.41) is 0. The lowest BCUT2D eigenvalue weighted by Crippen LogP contribution is -2.17. The summed E-state index contributed by atoms with van der Waals surface area (Å²) in [7, 11) is 0. The first-order chi connectivity index (χ1) is 6.77. The van der Waals surface area contributed by atoms with Crippen molar-refractivity contribution in [3.8, 4) is 0 Å². The molecule has 2 N–H and O–H groups in total. The molecule has 1 aliphatic carbocycles. The van der Waals surface area contributed by atoms with Gasteiger partial charge in [0.05, 0.1) is 6.33 Å². The zero-order chi connectivity index (χ0) is 9.97. The molecule has 1 fully saturated rings. The van der Waals surface area contributed by atoms with Crippen molar-refractivity contribution >= 4 is 11.8 Å². The smallest absolute Gasteiger partial charge is 0.0951 e. The maximum absolute atomic E-state index is 5.70. The number of aromatic nitrogens is 2. The lowest BCUT2D eigenvalue weighted by atomic mass is 10.4. The topological polar surface area (TPSA) is 43.8 Å². The van der Waals surface area contributed by atoms with Gasteiger partial charge >= 0.3 is 0 Å². The Labute approximate surface area is 89.1 Å². The number of thioether (sulfide) groups is 1. The fourth-order valence-electron chi connectivity index (χ4n) is 1.47. The second kappa shape index (κ2) is 4.36. The van der Waals surface area contributed by atoms with Gasteiger partial charge in [-0.2, -0.15) is 11.8 Å². The fourth-order valence-corrected chi connectivity index (χ4v) is 2.40. The van der Waals surface area contributed by atoms with Gasteiger partial charge < -0.3 is 10.3 Å². The van der Waals surface area contributed by atoms with E-state index in [9.17, 15) is 0 Å². The third-order valence-corrected chi connectivity index (χ3v) is 3.58. The van der Waals surface area contributed by atoms with Gasteiger partial charge in [-0.05, 0) is 19.8 Å². The highest BCUT2D eigenvalue weighted by Crippen LogP contribution is 2.36. The molecule has 14 heavy (non-hydrogen) atoms. The Morgan fingerprint density at radius 2 is 2.50 bits per heavy atom. The van der Waals surface area contributed by atoms with Crippen molar-refractivity contribution < 1.29 is 0 Å². The number of nitrogens with zero attached hydrogens (tertiary/aromatic N) is 2. The van der Waals surface area contributed by atoms with Crippen LogP contribution in [-0.2, 0) is 5.75 Å². The van der Waals surface area contributed by atoms with Crippen LogP contribution in [0.15, 0.2) is 12.5 Å². The molecule has 1 saturated carbocycles. The molecule has 0 radical (unpaired) electrons. The number of nitrogens with two attached hydrogens (primary N) is 1. The van der Waals surface area contributed by atoms with Gasteiger partial charge in [0.2, 0.25) is 0 Å². The third kappa shape index (κ3) is 2.51. The zero-order valence-electron chi connectivity index (χ0n) is 8.52. The average Bonchev–Trinajstić information content (AvgIpc) is 2.87. The highest BCUT2D eigenvalue weighted by atomic mass is 32.2. The first-order valence-electron chi connectivity index (χ1n) is 5.11. The van der Waals surface area contributed by atoms with Gasteiger partial charge in [-0.1, -0.05) is 0 Å². The molecule has 1 aromatic heterocycles. The summed E-state index contributed by atoms with van der Waals surface area (Å²) in [5.41, 5.74) is 7.04. The maximum Gasteiger partial charge on any atom is 0.0951 e. The predicted molar refractivity (Wildman–Crippen MR) is 60.3 cm³/mol. The van der Waals surface area contributed by atoms with Crippen molar-refractivity contribution in [2.75, 3.05) is 5.75 Å². The second-order valence-electron chi connectivity index (χ2n) is 4.02. The lowest BCUT2D eigenvalue weighted by Gasteiger charge is -2.07. The van der Waals surface area contributed by atoms with Gasteiger partial charge in [0.1, 0.15) is 0 Å². The minimum atomic E-state index is 0.289. The molecule has 2 rings (SSSR count). The van der Waals surface area contributed by atoms with Crippen LogP contribution < -0.4 is 5.73 Å². The molecular formula is C10H17N3S. The molecule has 0 spiro atoms. The molecule has 1 aliphatic rings. The lowest BCUT2D eigenvalue weighted by molar-refractivity contribution is 0.713. The number of hydrogen-bond acceptors (Lipinski definition) is 3. The summed E-state index contributed by atoms with van der Waals surface area (Å²) in [4.78, 5) is 4.20. The number of hydrogen-bond donors (Lipinski definition) is 1. The molecule has 3 nitrogen and oxygen atoms in total. The molecule has 1 atom stereocenters. The van der Waals surface area contributed by atoms with E-state index in [1.54, 1.807) is 0 Å². The van der Waals surface area contributed by atoms with Crippen LogP contribution in [0, 0.1) is 0 Å². The monoisotopic (exact) mass is 211 g/mol. The minimum absolute atomic E-state index is 0.289. The molecule has 1 unspecified atom stereocenters. The van der Waals surface area contributed by atoms with E-state index in [0.29, 0.717) is 0 Å². The van der Waals surface area contributed by atoms with Crippen LogP contribution in [0.3, 0.4) is 0 Å².